The summed E-state index contributed by atoms with van der Waals surface area (Å²) in [6, 6.07) is 7.47. The number of ketones is 2. The van der Waals surface area contributed by atoms with Crippen molar-refractivity contribution in [1.29, 1.82) is 0 Å². The molecule has 0 radical (unpaired) electrons. The van der Waals surface area contributed by atoms with Crippen molar-refractivity contribution in [1.82, 2.24) is 0 Å². The first-order valence-electron chi connectivity index (χ1n) is 10.2. The van der Waals surface area contributed by atoms with E-state index in [1.165, 1.54) is 38.5 Å². The van der Waals surface area contributed by atoms with Gasteiger partial charge in [0.05, 0.1) is 0 Å². The highest BCUT2D eigenvalue weighted by Crippen LogP contribution is 2.63. The molecule has 1 heterocycles. The highest BCUT2D eigenvalue weighted by molar-refractivity contribution is 6.52. The van der Waals surface area contributed by atoms with E-state index in [1.54, 1.807) is 6.07 Å². The van der Waals surface area contributed by atoms with Crippen LogP contribution in [0.2, 0.25) is 0 Å². The Balaban J connectivity index is 1.39. The molecule has 0 saturated heterocycles. The maximum absolute atomic E-state index is 12.6. The number of Topliss-reactive ketones (excluding diaryl/α,β-unsaturated/α-hetero) is 2. The SMILES string of the molecule is O=C1C(=O)c2ccccc2C2=C1CCC(C13CC4CC(CC(C4)C1)C3)O2. The summed E-state index contributed by atoms with van der Waals surface area (Å²) in [6.45, 7) is 0. The maximum atomic E-state index is 12.6. The second-order valence-corrected chi connectivity index (χ2v) is 9.44. The van der Waals surface area contributed by atoms with Crippen LogP contribution in [0.5, 0.6) is 0 Å². The molecular formula is C23H24O3. The fourth-order valence-corrected chi connectivity index (χ4v) is 7.25. The third kappa shape index (κ3) is 1.95. The third-order valence-corrected chi connectivity index (χ3v) is 7.86. The lowest BCUT2D eigenvalue weighted by Gasteiger charge is -2.59. The highest BCUT2D eigenvalue weighted by Gasteiger charge is 2.56. The first-order chi connectivity index (χ1) is 12.6. The summed E-state index contributed by atoms with van der Waals surface area (Å²) in [6.07, 6.45) is 10.00. The maximum Gasteiger partial charge on any atom is 0.234 e. The Hall–Kier alpha value is -1.90. The zero-order valence-corrected chi connectivity index (χ0v) is 15.0. The van der Waals surface area contributed by atoms with Crippen LogP contribution in [0.15, 0.2) is 29.8 Å². The molecule has 1 unspecified atom stereocenters. The minimum absolute atomic E-state index is 0.212. The van der Waals surface area contributed by atoms with Gasteiger partial charge in [0.2, 0.25) is 11.6 Å². The van der Waals surface area contributed by atoms with Gasteiger partial charge in [-0.2, -0.15) is 0 Å². The van der Waals surface area contributed by atoms with E-state index in [0.29, 0.717) is 23.0 Å². The van der Waals surface area contributed by atoms with E-state index < -0.39 is 0 Å². The largest absolute Gasteiger partial charge is 0.489 e. The summed E-state index contributed by atoms with van der Waals surface area (Å²) in [5, 5.41) is 0. The van der Waals surface area contributed by atoms with Crippen molar-refractivity contribution in [3.8, 4) is 0 Å². The summed E-state index contributed by atoms with van der Waals surface area (Å²) in [5.41, 5.74) is 2.28. The monoisotopic (exact) mass is 348 g/mol. The molecule has 3 heteroatoms. The summed E-state index contributed by atoms with van der Waals surface area (Å²) < 4.78 is 6.63. The molecule has 4 bridgehead atoms. The molecule has 6 aliphatic rings. The van der Waals surface area contributed by atoms with E-state index in [4.69, 9.17) is 4.74 Å². The molecular weight excluding hydrogens is 324 g/mol. The number of carbonyl (C=O) groups excluding carboxylic acids is 2. The van der Waals surface area contributed by atoms with Crippen LogP contribution in [0.25, 0.3) is 5.76 Å². The Bertz CT molecular complexity index is 827. The second-order valence-electron chi connectivity index (χ2n) is 9.44. The van der Waals surface area contributed by atoms with Crippen LogP contribution in [0.4, 0.5) is 0 Å². The van der Waals surface area contributed by atoms with E-state index in [9.17, 15) is 9.59 Å². The molecule has 0 spiro atoms. The minimum atomic E-state index is -0.365. The Morgan fingerprint density at radius 2 is 1.46 bits per heavy atom. The molecule has 0 aromatic heterocycles. The number of fused-ring (bicyclic) bond motifs is 2. The normalized spacial score (nSPS) is 40.3. The number of rotatable bonds is 1. The van der Waals surface area contributed by atoms with E-state index >= 15 is 0 Å². The van der Waals surface area contributed by atoms with Gasteiger partial charge in [-0.3, -0.25) is 9.59 Å². The molecule has 26 heavy (non-hydrogen) atoms. The average Bonchev–Trinajstić information content (AvgIpc) is 2.65. The standard InChI is InChI=1S/C23H24O3/c24-20-16-3-1-2-4-17(16)22-18(21(20)25)5-6-19(26-22)23-10-13-7-14(11-23)9-15(8-13)12-23/h1-4,13-15,19H,5-12H2. The lowest BCUT2D eigenvalue weighted by atomic mass is 9.47. The smallest absolute Gasteiger partial charge is 0.234 e. The predicted molar refractivity (Wildman–Crippen MR) is 97.4 cm³/mol. The number of carbonyl (C=O) groups is 2. The molecule has 7 rings (SSSR count). The van der Waals surface area contributed by atoms with Gasteiger partial charge in [0.1, 0.15) is 11.9 Å². The van der Waals surface area contributed by atoms with Crippen molar-refractivity contribution < 1.29 is 14.3 Å². The quantitative estimate of drug-likeness (QED) is 0.699. The third-order valence-electron chi connectivity index (χ3n) is 7.86. The number of hydrogen-bond donors (Lipinski definition) is 0. The topological polar surface area (TPSA) is 43.4 Å². The van der Waals surface area contributed by atoms with Gasteiger partial charge < -0.3 is 4.74 Å². The van der Waals surface area contributed by atoms with Crippen LogP contribution < -0.4 is 0 Å². The molecule has 5 aliphatic carbocycles. The molecule has 4 fully saturated rings. The Labute approximate surface area is 153 Å². The predicted octanol–water partition coefficient (Wildman–Crippen LogP) is 4.56. The van der Waals surface area contributed by atoms with E-state index in [2.05, 4.69) is 0 Å². The number of benzene rings is 1. The van der Waals surface area contributed by atoms with Crippen LogP contribution in [0.1, 0.15) is 67.3 Å². The zero-order chi connectivity index (χ0) is 17.5. The van der Waals surface area contributed by atoms with Crippen LogP contribution in [-0.2, 0) is 9.53 Å². The first-order valence-corrected chi connectivity index (χ1v) is 10.2. The number of ether oxygens (including phenoxy) is 1. The lowest BCUT2D eigenvalue weighted by molar-refractivity contribution is -0.125. The number of hydrogen-bond acceptors (Lipinski definition) is 3. The minimum Gasteiger partial charge on any atom is -0.489 e. The summed E-state index contributed by atoms with van der Waals surface area (Å²) in [7, 11) is 0. The van der Waals surface area contributed by atoms with Crippen LogP contribution in [0.3, 0.4) is 0 Å². The average molecular weight is 348 g/mol. The van der Waals surface area contributed by atoms with Crippen molar-refractivity contribution in [2.45, 2.75) is 57.5 Å². The second kappa shape index (κ2) is 5.09. The number of allylic oxidation sites excluding steroid dienone is 1. The van der Waals surface area contributed by atoms with Crippen molar-refractivity contribution in [3.05, 3.63) is 41.0 Å². The highest BCUT2D eigenvalue weighted by atomic mass is 16.5. The van der Waals surface area contributed by atoms with Crippen LogP contribution in [0, 0.1) is 23.2 Å². The van der Waals surface area contributed by atoms with Crippen LogP contribution >= 0.6 is 0 Å². The van der Waals surface area contributed by atoms with E-state index in [0.717, 1.165) is 35.5 Å². The van der Waals surface area contributed by atoms with Gasteiger partial charge in [-0.15, -0.1) is 0 Å². The van der Waals surface area contributed by atoms with Crippen molar-refractivity contribution >= 4 is 17.3 Å². The Morgan fingerprint density at radius 3 is 2.12 bits per heavy atom. The molecule has 0 amide bonds. The van der Waals surface area contributed by atoms with Crippen LogP contribution in [-0.4, -0.2) is 17.7 Å². The Kier molecular flexibility index (Phi) is 2.97. The molecule has 3 nitrogen and oxygen atoms in total. The van der Waals surface area contributed by atoms with Gasteiger partial charge >= 0.3 is 0 Å². The molecule has 134 valence electrons. The van der Waals surface area contributed by atoms with Crippen molar-refractivity contribution in [2.24, 2.45) is 23.2 Å². The van der Waals surface area contributed by atoms with Gasteiger partial charge in [-0.05, 0) is 69.1 Å². The van der Waals surface area contributed by atoms with Gasteiger partial charge in [-0.25, -0.2) is 0 Å². The molecule has 4 saturated carbocycles. The van der Waals surface area contributed by atoms with Gasteiger partial charge in [0, 0.05) is 22.1 Å². The van der Waals surface area contributed by atoms with E-state index in [1.807, 2.05) is 18.2 Å². The molecule has 1 aromatic carbocycles. The molecule has 1 aromatic rings. The van der Waals surface area contributed by atoms with Gasteiger partial charge in [0.25, 0.3) is 0 Å². The van der Waals surface area contributed by atoms with Gasteiger partial charge in [-0.1, -0.05) is 24.3 Å². The molecule has 1 aliphatic heterocycles. The van der Waals surface area contributed by atoms with E-state index in [-0.39, 0.29) is 17.7 Å². The fourth-order valence-electron chi connectivity index (χ4n) is 7.25. The van der Waals surface area contributed by atoms with Crippen molar-refractivity contribution in [2.75, 3.05) is 0 Å². The van der Waals surface area contributed by atoms with Gasteiger partial charge in [0.15, 0.2) is 0 Å². The summed E-state index contributed by atoms with van der Waals surface area (Å²) >= 11 is 0. The van der Waals surface area contributed by atoms with Crippen molar-refractivity contribution in [3.63, 3.8) is 0 Å². The summed E-state index contributed by atoms with van der Waals surface area (Å²) in [4.78, 5) is 25.0. The first kappa shape index (κ1) is 15.2. The molecule has 0 N–H and O–H groups in total. The Morgan fingerprint density at radius 1 is 0.846 bits per heavy atom. The lowest BCUT2D eigenvalue weighted by Crippen LogP contribution is -2.53. The summed E-state index contributed by atoms with van der Waals surface area (Å²) in [5.74, 6) is 2.68. The molecule has 1 atom stereocenters. The zero-order valence-electron chi connectivity index (χ0n) is 15.0. The fraction of sp³-hybridized carbons (Fsp3) is 0.565.